The van der Waals surface area contributed by atoms with Gasteiger partial charge >= 0.3 is 5.69 Å². The third-order valence-corrected chi connectivity index (χ3v) is 5.30. The zero-order valence-corrected chi connectivity index (χ0v) is 13.8. The summed E-state index contributed by atoms with van der Waals surface area (Å²) in [5.41, 5.74) is -0.226. The normalized spacial score (nSPS) is 11.4. The molecule has 110 valence electrons. The number of rotatable bonds is 4. The predicted octanol–water partition coefficient (Wildman–Crippen LogP) is 2.96. The van der Waals surface area contributed by atoms with E-state index in [-0.39, 0.29) is 11.0 Å². The van der Waals surface area contributed by atoms with E-state index in [2.05, 4.69) is 33.2 Å². The maximum absolute atomic E-state index is 11.6. The maximum atomic E-state index is 11.6. The first kappa shape index (κ1) is 14.6. The van der Waals surface area contributed by atoms with Crippen LogP contribution in [0.2, 0.25) is 5.28 Å². The molecule has 0 aliphatic rings. The van der Waals surface area contributed by atoms with Gasteiger partial charge in [-0.1, -0.05) is 6.92 Å². The van der Waals surface area contributed by atoms with Gasteiger partial charge in [-0.15, -0.1) is 16.4 Å². The van der Waals surface area contributed by atoms with Crippen molar-refractivity contribution in [1.29, 1.82) is 0 Å². The number of nitrogens with one attached hydrogen (secondary N) is 1. The van der Waals surface area contributed by atoms with Crippen LogP contribution < -0.4 is 5.69 Å². The Morgan fingerprint density at radius 1 is 1.43 bits per heavy atom. The van der Waals surface area contributed by atoms with Gasteiger partial charge in [0.15, 0.2) is 5.16 Å². The molecule has 21 heavy (non-hydrogen) atoms. The minimum absolute atomic E-state index is 0.204. The smallest absolute Gasteiger partial charge is 0.270 e. The highest BCUT2D eigenvalue weighted by molar-refractivity contribution is 7.99. The molecule has 0 aliphatic heterocycles. The van der Waals surface area contributed by atoms with E-state index in [1.54, 1.807) is 15.9 Å². The first-order valence-electron chi connectivity index (χ1n) is 6.41. The summed E-state index contributed by atoms with van der Waals surface area (Å²) in [6, 6.07) is 2.07. The molecular formula is C12H12ClN5OS2. The van der Waals surface area contributed by atoms with Gasteiger partial charge in [0, 0.05) is 16.8 Å². The van der Waals surface area contributed by atoms with Gasteiger partial charge < -0.3 is 0 Å². The number of fused-ring (bicyclic) bond motifs is 1. The number of hydrogen-bond acceptors (Lipinski definition) is 6. The van der Waals surface area contributed by atoms with E-state index in [0.29, 0.717) is 11.7 Å². The summed E-state index contributed by atoms with van der Waals surface area (Å²) in [5, 5.41) is 8.93. The van der Waals surface area contributed by atoms with Gasteiger partial charge in [0.05, 0.1) is 0 Å². The van der Waals surface area contributed by atoms with E-state index in [9.17, 15) is 4.79 Å². The number of hydrogen-bond donors (Lipinski definition) is 1. The molecule has 6 nitrogen and oxygen atoms in total. The fraction of sp³-hybridized carbons (Fsp3) is 0.333. The summed E-state index contributed by atoms with van der Waals surface area (Å²) in [6.07, 6.45) is 0.935. The molecule has 1 N–H and O–H groups in total. The second-order valence-corrected chi connectivity index (χ2v) is 6.65. The maximum Gasteiger partial charge on any atom is 0.343 e. The van der Waals surface area contributed by atoms with E-state index >= 15 is 0 Å². The van der Waals surface area contributed by atoms with Crippen molar-refractivity contribution in [3.8, 4) is 0 Å². The van der Waals surface area contributed by atoms with Crippen molar-refractivity contribution in [2.24, 2.45) is 0 Å². The fourth-order valence-electron chi connectivity index (χ4n) is 1.92. The number of aryl methyl sites for hydroxylation is 1. The monoisotopic (exact) mass is 341 g/mol. The molecule has 0 atom stereocenters. The first-order chi connectivity index (χ1) is 10.1. The number of halogens is 1. The highest BCUT2D eigenvalue weighted by Gasteiger charge is 2.15. The van der Waals surface area contributed by atoms with E-state index in [4.69, 9.17) is 11.6 Å². The van der Waals surface area contributed by atoms with Crippen LogP contribution in [0.3, 0.4) is 0 Å². The van der Waals surface area contributed by atoms with E-state index < -0.39 is 0 Å². The van der Waals surface area contributed by atoms with E-state index in [1.807, 2.05) is 6.92 Å². The molecule has 0 fully saturated rings. The molecule has 3 heterocycles. The Morgan fingerprint density at radius 2 is 2.24 bits per heavy atom. The van der Waals surface area contributed by atoms with Crippen LogP contribution in [-0.4, -0.2) is 24.7 Å². The van der Waals surface area contributed by atoms with Crippen molar-refractivity contribution in [2.45, 2.75) is 37.0 Å². The molecule has 9 heteroatoms. The lowest BCUT2D eigenvalue weighted by molar-refractivity contribution is 0.660. The zero-order valence-electron chi connectivity index (χ0n) is 11.4. The molecule has 0 spiro atoms. The molecule has 3 aromatic rings. The SMILES string of the molecule is CCc1cc2c(Sc3n[nH]c(=O)n3CC)nc(Cl)nc2s1. The molecule has 0 radical (unpaired) electrons. The zero-order chi connectivity index (χ0) is 15.0. The van der Waals surface area contributed by atoms with Crippen LogP contribution in [-0.2, 0) is 13.0 Å². The predicted molar refractivity (Wildman–Crippen MR) is 84.4 cm³/mol. The fourth-order valence-corrected chi connectivity index (χ4v) is 4.20. The Hall–Kier alpha value is -1.38. The van der Waals surface area contributed by atoms with Gasteiger partial charge in [-0.05, 0) is 42.8 Å². The summed E-state index contributed by atoms with van der Waals surface area (Å²) in [6.45, 7) is 4.53. The summed E-state index contributed by atoms with van der Waals surface area (Å²) >= 11 is 8.92. The third kappa shape index (κ3) is 2.70. The van der Waals surface area contributed by atoms with Crippen LogP contribution in [0.15, 0.2) is 21.0 Å². The Morgan fingerprint density at radius 3 is 2.95 bits per heavy atom. The molecule has 0 saturated heterocycles. The number of aromatic nitrogens is 5. The van der Waals surface area contributed by atoms with Gasteiger partial charge in [-0.2, -0.15) is 0 Å². The Labute approximate surface area is 133 Å². The van der Waals surface area contributed by atoms with Crippen molar-refractivity contribution in [3.63, 3.8) is 0 Å². The molecular weight excluding hydrogens is 330 g/mol. The van der Waals surface area contributed by atoms with Gasteiger partial charge in [0.25, 0.3) is 0 Å². The van der Waals surface area contributed by atoms with Gasteiger partial charge in [-0.3, -0.25) is 4.57 Å². The van der Waals surface area contributed by atoms with Crippen molar-refractivity contribution < 1.29 is 0 Å². The molecule has 3 rings (SSSR count). The average Bonchev–Trinajstić information content (AvgIpc) is 3.02. The lowest BCUT2D eigenvalue weighted by Gasteiger charge is -2.03. The van der Waals surface area contributed by atoms with Gasteiger partial charge in [0.1, 0.15) is 9.86 Å². The van der Waals surface area contributed by atoms with Crippen molar-refractivity contribution in [1.82, 2.24) is 24.7 Å². The van der Waals surface area contributed by atoms with Crippen LogP contribution in [0.4, 0.5) is 0 Å². The third-order valence-electron chi connectivity index (χ3n) is 2.96. The summed E-state index contributed by atoms with van der Waals surface area (Å²) in [5.74, 6) is 0. The molecule has 0 unspecified atom stereocenters. The highest BCUT2D eigenvalue weighted by Crippen LogP contribution is 2.35. The summed E-state index contributed by atoms with van der Waals surface area (Å²) in [7, 11) is 0. The number of nitrogens with zero attached hydrogens (tertiary/aromatic N) is 4. The van der Waals surface area contributed by atoms with Crippen LogP contribution in [0.5, 0.6) is 0 Å². The molecule has 0 aliphatic carbocycles. The highest BCUT2D eigenvalue weighted by atomic mass is 35.5. The molecule has 3 aromatic heterocycles. The number of H-pyrrole nitrogens is 1. The van der Waals surface area contributed by atoms with Crippen LogP contribution in [0.25, 0.3) is 10.2 Å². The van der Waals surface area contributed by atoms with E-state index in [0.717, 1.165) is 21.7 Å². The second-order valence-electron chi connectivity index (χ2n) is 4.24. The van der Waals surface area contributed by atoms with Crippen molar-refractivity contribution in [3.05, 3.63) is 26.7 Å². The lowest BCUT2D eigenvalue weighted by atomic mass is 10.3. The topological polar surface area (TPSA) is 76.5 Å². The molecule has 0 amide bonds. The van der Waals surface area contributed by atoms with Crippen molar-refractivity contribution in [2.75, 3.05) is 0 Å². The van der Waals surface area contributed by atoms with Crippen molar-refractivity contribution >= 4 is 44.9 Å². The van der Waals surface area contributed by atoms with E-state index in [1.165, 1.54) is 16.6 Å². The Bertz CT molecular complexity index is 853. The standard InChI is InChI=1S/C12H12ClN5OS2/c1-3-6-5-7-8(20-6)14-10(13)15-9(7)21-12-17-16-11(19)18(12)4-2/h5H,3-4H2,1-2H3,(H,16,19). The van der Waals surface area contributed by atoms with Crippen LogP contribution in [0, 0.1) is 0 Å². The number of aromatic amines is 1. The Balaban J connectivity index is 2.11. The van der Waals surface area contributed by atoms with Gasteiger partial charge in [0.2, 0.25) is 5.28 Å². The van der Waals surface area contributed by atoms with Crippen LogP contribution in [0.1, 0.15) is 18.7 Å². The Kier molecular flexibility index (Phi) is 4.01. The second kappa shape index (κ2) is 5.78. The minimum Gasteiger partial charge on any atom is -0.270 e. The first-order valence-corrected chi connectivity index (χ1v) is 8.42. The average molecular weight is 342 g/mol. The summed E-state index contributed by atoms with van der Waals surface area (Å²) < 4.78 is 1.56. The quantitative estimate of drug-likeness (QED) is 0.583. The summed E-state index contributed by atoms with van der Waals surface area (Å²) in [4.78, 5) is 22.2. The molecule has 0 aromatic carbocycles. The molecule has 0 bridgehead atoms. The molecule has 0 saturated carbocycles. The lowest BCUT2D eigenvalue weighted by Crippen LogP contribution is -2.16. The van der Waals surface area contributed by atoms with Gasteiger partial charge in [-0.25, -0.2) is 19.9 Å². The minimum atomic E-state index is -0.226. The largest absolute Gasteiger partial charge is 0.343 e. The van der Waals surface area contributed by atoms with Crippen LogP contribution >= 0.6 is 34.7 Å². The number of thiophene rings is 1.